The first kappa shape index (κ1) is 10.6. The summed E-state index contributed by atoms with van der Waals surface area (Å²) >= 11 is 0. The molecule has 2 aliphatic heterocycles. The third kappa shape index (κ3) is 1.88. The summed E-state index contributed by atoms with van der Waals surface area (Å²) < 4.78 is 0. The van der Waals surface area contributed by atoms with Crippen LogP contribution in [0.25, 0.3) is 0 Å². The highest BCUT2D eigenvalue weighted by molar-refractivity contribution is 6.64. The van der Waals surface area contributed by atoms with Crippen LogP contribution in [0.2, 0.25) is 17.5 Å². The highest BCUT2D eigenvalue weighted by Gasteiger charge is 2.42. The maximum atomic E-state index is 2.51. The van der Waals surface area contributed by atoms with Crippen LogP contribution in [0.4, 0.5) is 0 Å². The van der Waals surface area contributed by atoms with E-state index in [1.165, 1.54) is 38.5 Å². The van der Waals surface area contributed by atoms with Gasteiger partial charge < -0.3 is 0 Å². The van der Waals surface area contributed by atoms with Crippen molar-refractivity contribution in [2.24, 2.45) is 5.92 Å². The van der Waals surface area contributed by atoms with E-state index >= 15 is 0 Å². The number of hydrogen-bond acceptors (Lipinski definition) is 0. The first-order chi connectivity index (χ1) is 6.70. The summed E-state index contributed by atoms with van der Waals surface area (Å²) in [5.74, 6) is 4.05. The molecule has 2 heterocycles. The Morgan fingerprint density at radius 3 is 1.64 bits per heavy atom. The van der Waals surface area contributed by atoms with Crippen LogP contribution in [0, 0.1) is 5.92 Å². The predicted molar refractivity (Wildman–Crippen MR) is 65.2 cm³/mol. The predicted octanol–water partition coefficient (Wildman–Crippen LogP) is 4.64. The molecule has 0 aromatic heterocycles. The Morgan fingerprint density at radius 1 is 0.857 bits per heavy atom. The Hall–Kier alpha value is 0.0649. The van der Waals surface area contributed by atoms with Crippen molar-refractivity contribution < 1.29 is 0 Å². The van der Waals surface area contributed by atoms with Gasteiger partial charge in [-0.15, -0.1) is 0 Å². The molecule has 1 heteroatoms. The molecule has 0 radical (unpaired) electrons. The van der Waals surface area contributed by atoms with E-state index in [1.807, 2.05) is 0 Å². The van der Waals surface area contributed by atoms with E-state index in [9.17, 15) is 0 Å². The van der Waals surface area contributed by atoms with E-state index in [0.29, 0.717) is 0 Å². The van der Waals surface area contributed by atoms with Crippen molar-refractivity contribution in [3.63, 3.8) is 0 Å². The van der Waals surface area contributed by atoms with Gasteiger partial charge in [0, 0.05) is 0 Å². The van der Waals surface area contributed by atoms with Crippen LogP contribution in [0.1, 0.15) is 59.3 Å². The number of hydrogen-bond donors (Lipinski definition) is 0. The molecule has 0 aliphatic carbocycles. The summed E-state index contributed by atoms with van der Waals surface area (Å²) in [5.41, 5.74) is 0. The van der Waals surface area contributed by atoms with Gasteiger partial charge in [-0.3, -0.25) is 0 Å². The van der Waals surface area contributed by atoms with Crippen LogP contribution < -0.4 is 0 Å². The standard InChI is InChI=1S/C13H25B/c1-10(2)11(3)14-12-6-4-7-13(14)9-5-8-12/h10-13H,4-9H2,1-3H3/t11-,12?,13?/m0/s1. The molecule has 2 bridgehead atoms. The van der Waals surface area contributed by atoms with Gasteiger partial charge in [-0.05, 0) is 0 Å². The van der Waals surface area contributed by atoms with Crippen LogP contribution in [-0.4, -0.2) is 6.71 Å². The maximum absolute atomic E-state index is 2.51. The lowest BCUT2D eigenvalue weighted by atomic mass is 9.21. The largest absolute Gasteiger partial charge is 0.149 e. The van der Waals surface area contributed by atoms with E-state index < -0.39 is 0 Å². The average Bonchev–Trinajstić information content (AvgIpc) is 2.15. The fourth-order valence-corrected chi connectivity index (χ4v) is 4.03. The van der Waals surface area contributed by atoms with Crippen LogP contribution >= 0.6 is 0 Å². The molecule has 2 aliphatic rings. The third-order valence-electron chi connectivity index (χ3n) is 5.05. The zero-order valence-corrected chi connectivity index (χ0v) is 10.1. The van der Waals surface area contributed by atoms with Gasteiger partial charge >= 0.3 is 0 Å². The SMILES string of the molecule is CC(C)[C@H](C)B1C2CCCC1CCC2. The molecule has 0 saturated carbocycles. The highest BCUT2D eigenvalue weighted by atomic mass is 14.3. The van der Waals surface area contributed by atoms with Crippen LogP contribution in [0.5, 0.6) is 0 Å². The fourth-order valence-electron chi connectivity index (χ4n) is 4.03. The summed E-state index contributed by atoms with van der Waals surface area (Å²) in [7, 11) is 0. The molecule has 0 aromatic rings. The lowest BCUT2D eigenvalue weighted by molar-refractivity contribution is 0.424. The van der Waals surface area contributed by atoms with Crippen LogP contribution in [0.15, 0.2) is 0 Å². The van der Waals surface area contributed by atoms with Crippen molar-refractivity contribution in [2.75, 3.05) is 0 Å². The topological polar surface area (TPSA) is 0 Å². The first-order valence-electron chi connectivity index (χ1n) is 6.70. The maximum Gasteiger partial charge on any atom is 0.149 e. The van der Waals surface area contributed by atoms with Gasteiger partial charge in [-0.1, -0.05) is 82.7 Å². The van der Waals surface area contributed by atoms with Gasteiger partial charge in [0.2, 0.25) is 0 Å². The lowest BCUT2D eigenvalue weighted by Crippen LogP contribution is -2.39. The van der Waals surface area contributed by atoms with Crippen molar-refractivity contribution in [1.82, 2.24) is 0 Å². The zero-order valence-electron chi connectivity index (χ0n) is 10.1. The van der Waals surface area contributed by atoms with Crippen LogP contribution in [0.3, 0.4) is 0 Å². The van der Waals surface area contributed by atoms with E-state index in [0.717, 1.165) is 30.1 Å². The minimum absolute atomic E-state index is 0.890. The smallest absolute Gasteiger partial charge is 0.0688 e. The summed E-state index contributed by atoms with van der Waals surface area (Å²) in [6.45, 7) is 8.41. The van der Waals surface area contributed by atoms with Gasteiger partial charge in [-0.25, -0.2) is 0 Å². The summed E-state index contributed by atoms with van der Waals surface area (Å²) in [6, 6.07) is 0. The second kappa shape index (κ2) is 4.29. The van der Waals surface area contributed by atoms with Gasteiger partial charge in [0.05, 0.1) is 0 Å². The van der Waals surface area contributed by atoms with E-state index in [1.54, 1.807) is 0 Å². The highest BCUT2D eigenvalue weighted by Crippen LogP contribution is 2.51. The molecule has 0 N–H and O–H groups in total. The molecule has 14 heavy (non-hydrogen) atoms. The number of rotatable bonds is 2. The molecule has 0 amide bonds. The summed E-state index contributed by atoms with van der Waals surface area (Å²) in [4.78, 5) is 0. The van der Waals surface area contributed by atoms with Gasteiger partial charge in [-0.2, -0.15) is 0 Å². The van der Waals surface area contributed by atoms with Gasteiger partial charge in [0.25, 0.3) is 0 Å². The van der Waals surface area contributed by atoms with Crippen molar-refractivity contribution in [2.45, 2.75) is 76.7 Å². The van der Waals surface area contributed by atoms with E-state index in [4.69, 9.17) is 0 Å². The Morgan fingerprint density at radius 2 is 1.29 bits per heavy atom. The van der Waals surface area contributed by atoms with Crippen molar-refractivity contribution in [3.05, 3.63) is 0 Å². The molecule has 80 valence electrons. The summed E-state index contributed by atoms with van der Waals surface area (Å²) in [6.07, 6.45) is 9.21. The molecule has 0 nitrogen and oxygen atoms in total. The second-order valence-corrected chi connectivity index (χ2v) is 6.06. The average molecular weight is 192 g/mol. The summed E-state index contributed by atoms with van der Waals surface area (Å²) in [5, 5.41) is 0. The van der Waals surface area contributed by atoms with Crippen molar-refractivity contribution in [3.8, 4) is 0 Å². The molecule has 1 atom stereocenters. The molecule has 2 rings (SSSR count). The molecule has 2 saturated heterocycles. The lowest BCUT2D eigenvalue weighted by Gasteiger charge is -2.44. The fraction of sp³-hybridized carbons (Fsp3) is 1.00. The molecular formula is C13H25B. The Kier molecular flexibility index (Phi) is 3.24. The molecule has 0 unspecified atom stereocenters. The monoisotopic (exact) mass is 192 g/mol. The number of fused-ring (bicyclic) bond motifs is 2. The first-order valence-corrected chi connectivity index (χ1v) is 6.70. The normalized spacial score (nSPS) is 34.7. The van der Waals surface area contributed by atoms with E-state index in [2.05, 4.69) is 20.8 Å². The third-order valence-corrected chi connectivity index (χ3v) is 5.05. The van der Waals surface area contributed by atoms with E-state index in [-0.39, 0.29) is 0 Å². The molecular weight excluding hydrogens is 167 g/mol. The Bertz CT molecular complexity index is 163. The second-order valence-electron chi connectivity index (χ2n) is 6.06. The molecule has 0 spiro atoms. The zero-order chi connectivity index (χ0) is 10.1. The van der Waals surface area contributed by atoms with Crippen molar-refractivity contribution >= 4 is 6.71 Å². The Labute approximate surface area is 89.9 Å². The Balaban J connectivity index is 2.08. The quantitative estimate of drug-likeness (QED) is 0.559. The van der Waals surface area contributed by atoms with Gasteiger partial charge in [0.15, 0.2) is 0 Å². The van der Waals surface area contributed by atoms with Crippen molar-refractivity contribution in [1.29, 1.82) is 0 Å². The molecule has 0 aromatic carbocycles. The van der Waals surface area contributed by atoms with Gasteiger partial charge in [0.1, 0.15) is 6.71 Å². The van der Waals surface area contributed by atoms with Crippen LogP contribution in [-0.2, 0) is 0 Å². The molecule has 2 fully saturated rings. The minimum atomic E-state index is 0.890. The minimum Gasteiger partial charge on any atom is -0.0688 e.